The molecule has 2 nitrogen and oxygen atoms in total. The minimum Gasteiger partial charge on any atom is -0.465 e. The fourth-order valence-corrected chi connectivity index (χ4v) is 0.956. The van der Waals surface area contributed by atoms with Gasteiger partial charge in [0.2, 0.25) is 0 Å². The van der Waals surface area contributed by atoms with E-state index in [0.717, 1.165) is 31.0 Å². The molecule has 1 N–H and O–H groups in total. The molecule has 0 saturated heterocycles. The van der Waals surface area contributed by atoms with E-state index in [1.165, 1.54) is 0 Å². The summed E-state index contributed by atoms with van der Waals surface area (Å²) in [6.45, 7) is 6.01. The van der Waals surface area contributed by atoms with Crippen molar-refractivity contribution in [2.75, 3.05) is 6.54 Å². The van der Waals surface area contributed by atoms with E-state index in [0.29, 0.717) is 0 Å². The second-order valence-corrected chi connectivity index (χ2v) is 2.50. The molecule has 2 heteroatoms. The highest BCUT2D eigenvalue weighted by molar-refractivity contribution is 5.06. The SMILES string of the molecule is CCNCc1ccc(CC)o1. The van der Waals surface area contributed by atoms with Crippen LogP contribution in [0.3, 0.4) is 0 Å². The molecule has 0 aliphatic rings. The van der Waals surface area contributed by atoms with E-state index in [1.54, 1.807) is 0 Å². The number of rotatable bonds is 4. The molecule has 1 heterocycles. The van der Waals surface area contributed by atoms with E-state index in [1.807, 2.05) is 12.1 Å². The lowest BCUT2D eigenvalue weighted by molar-refractivity contribution is 0.453. The number of aryl methyl sites for hydroxylation is 1. The molecule has 1 aromatic heterocycles. The lowest BCUT2D eigenvalue weighted by Gasteiger charge is -1.95. The Kier molecular flexibility index (Phi) is 3.17. The van der Waals surface area contributed by atoms with Gasteiger partial charge < -0.3 is 9.73 Å². The largest absolute Gasteiger partial charge is 0.465 e. The zero-order valence-corrected chi connectivity index (χ0v) is 7.18. The van der Waals surface area contributed by atoms with Gasteiger partial charge in [-0.05, 0) is 18.7 Å². The maximum Gasteiger partial charge on any atom is 0.117 e. The molecule has 0 bridgehead atoms. The molecule has 0 atom stereocenters. The predicted molar refractivity (Wildman–Crippen MR) is 45.5 cm³/mol. The van der Waals surface area contributed by atoms with Crippen LogP contribution >= 0.6 is 0 Å². The van der Waals surface area contributed by atoms with Crippen LogP contribution in [0, 0.1) is 0 Å². The van der Waals surface area contributed by atoms with Crippen LogP contribution in [0.2, 0.25) is 0 Å². The highest BCUT2D eigenvalue weighted by Gasteiger charge is 1.97. The van der Waals surface area contributed by atoms with Crippen LogP contribution < -0.4 is 5.32 Å². The van der Waals surface area contributed by atoms with Crippen LogP contribution in [0.4, 0.5) is 0 Å². The van der Waals surface area contributed by atoms with E-state index >= 15 is 0 Å². The van der Waals surface area contributed by atoms with Gasteiger partial charge in [0.1, 0.15) is 11.5 Å². The van der Waals surface area contributed by atoms with Gasteiger partial charge in [0.15, 0.2) is 0 Å². The summed E-state index contributed by atoms with van der Waals surface area (Å²) in [5.41, 5.74) is 0. The van der Waals surface area contributed by atoms with Gasteiger partial charge in [-0.3, -0.25) is 0 Å². The molecule has 0 saturated carbocycles. The molecular weight excluding hydrogens is 138 g/mol. The molecular formula is C9H15NO. The van der Waals surface area contributed by atoms with Crippen LogP contribution in [0.5, 0.6) is 0 Å². The minimum atomic E-state index is 0.844. The summed E-state index contributed by atoms with van der Waals surface area (Å²) in [6, 6.07) is 4.06. The average molecular weight is 153 g/mol. The van der Waals surface area contributed by atoms with Gasteiger partial charge >= 0.3 is 0 Å². The van der Waals surface area contributed by atoms with Crippen molar-refractivity contribution in [1.29, 1.82) is 0 Å². The first-order valence-electron chi connectivity index (χ1n) is 4.15. The third-order valence-corrected chi connectivity index (χ3v) is 1.61. The summed E-state index contributed by atoms with van der Waals surface area (Å²) >= 11 is 0. The average Bonchev–Trinajstić information content (AvgIpc) is 2.48. The topological polar surface area (TPSA) is 25.2 Å². The molecule has 0 aliphatic carbocycles. The van der Waals surface area contributed by atoms with Crippen molar-refractivity contribution >= 4 is 0 Å². The van der Waals surface area contributed by atoms with E-state index in [4.69, 9.17) is 4.42 Å². The van der Waals surface area contributed by atoms with E-state index in [2.05, 4.69) is 19.2 Å². The van der Waals surface area contributed by atoms with Crippen LogP contribution in [0.1, 0.15) is 25.4 Å². The van der Waals surface area contributed by atoms with E-state index in [9.17, 15) is 0 Å². The molecule has 1 aromatic rings. The molecule has 0 aromatic carbocycles. The Bertz CT molecular complexity index is 205. The van der Waals surface area contributed by atoms with Gasteiger partial charge in [-0.1, -0.05) is 13.8 Å². The first-order valence-corrected chi connectivity index (χ1v) is 4.15. The van der Waals surface area contributed by atoms with Crippen LogP contribution in [0.25, 0.3) is 0 Å². The van der Waals surface area contributed by atoms with Gasteiger partial charge in [0, 0.05) is 6.42 Å². The van der Waals surface area contributed by atoms with Crippen molar-refractivity contribution in [3.63, 3.8) is 0 Å². The summed E-state index contributed by atoms with van der Waals surface area (Å²) in [6.07, 6.45) is 0.978. The molecule has 0 spiro atoms. The summed E-state index contributed by atoms with van der Waals surface area (Å²) in [5, 5.41) is 3.21. The van der Waals surface area contributed by atoms with Gasteiger partial charge in [0.25, 0.3) is 0 Å². The number of hydrogen-bond acceptors (Lipinski definition) is 2. The highest BCUT2D eigenvalue weighted by atomic mass is 16.3. The first kappa shape index (κ1) is 8.34. The maximum atomic E-state index is 5.47. The van der Waals surface area contributed by atoms with Gasteiger partial charge in [-0.2, -0.15) is 0 Å². The molecule has 0 fully saturated rings. The molecule has 62 valence electrons. The summed E-state index contributed by atoms with van der Waals surface area (Å²) in [5.74, 6) is 2.10. The second kappa shape index (κ2) is 4.19. The number of furan rings is 1. The number of nitrogens with one attached hydrogen (secondary N) is 1. The smallest absolute Gasteiger partial charge is 0.117 e. The highest BCUT2D eigenvalue weighted by Crippen LogP contribution is 2.07. The standard InChI is InChI=1S/C9H15NO/c1-3-8-5-6-9(11-8)7-10-4-2/h5-6,10H,3-4,7H2,1-2H3. The summed E-state index contributed by atoms with van der Waals surface area (Å²) in [4.78, 5) is 0. The van der Waals surface area contributed by atoms with Gasteiger partial charge in [-0.15, -0.1) is 0 Å². The Morgan fingerprint density at radius 1 is 1.27 bits per heavy atom. The van der Waals surface area contributed by atoms with Crippen LogP contribution in [-0.2, 0) is 13.0 Å². The fourth-order valence-electron chi connectivity index (χ4n) is 0.956. The van der Waals surface area contributed by atoms with E-state index < -0.39 is 0 Å². The third-order valence-electron chi connectivity index (χ3n) is 1.61. The summed E-state index contributed by atoms with van der Waals surface area (Å²) < 4.78 is 5.47. The van der Waals surface area contributed by atoms with Crippen LogP contribution in [-0.4, -0.2) is 6.54 Å². The quantitative estimate of drug-likeness (QED) is 0.715. The van der Waals surface area contributed by atoms with Gasteiger partial charge in [0.05, 0.1) is 6.54 Å². The Hall–Kier alpha value is -0.760. The van der Waals surface area contributed by atoms with Crippen molar-refractivity contribution in [3.05, 3.63) is 23.7 Å². The zero-order chi connectivity index (χ0) is 8.10. The van der Waals surface area contributed by atoms with Crippen molar-refractivity contribution in [1.82, 2.24) is 5.32 Å². The Morgan fingerprint density at radius 3 is 2.55 bits per heavy atom. The predicted octanol–water partition coefficient (Wildman–Crippen LogP) is 1.95. The zero-order valence-electron chi connectivity index (χ0n) is 7.18. The lowest BCUT2D eigenvalue weighted by Crippen LogP contribution is -2.10. The lowest BCUT2D eigenvalue weighted by atomic mass is 10.3. The van der Waals surface area contributed by atoms with Crippen molar-refractivity contribution in [3.8, 4) is 0 Å². The molecule has 0 unspecified atom stereocenters. The summed E-state index contributed by atoms with van der Waals surface area (Å²) in [7, 11) is 0. The van der Waals surface area contributed by atoms with Crippen molar-refractivity contribution in [2.24, 2.45) is 0 Å². The monoisotopic (exact) mass is 153 g/mol. The number of hydrogen-bond donors (Lipinski definition) is 1. The normalized spacial score (nSPS) is 10.4. The molecule has 1 rings (SSSR count). The molecule has 0 radical (unpaired) electrons. The maximum absolute atomic E-state index is 5.47. The second-order valence-electron chi connectivity index (χ2n) is 2.50. The van der Waals surface area contributed by atoms with E-state index in [-0.39, 0.29) is 0 Å². The third kappa shape index (κ3) is 2.39. The fraction of sp³-hybridized carbons (Fsp3) is 0.556. The Morgan fingerprint density at radius 2 is 2.00 bits per heavy atom. The van der Waals surface area contributed by atoms with Crippen molar-refractivity contribution in [2.45, 2.75) is 26.8 Å². The Balaban J connectivity index is 2.44. The Labute approximate surface area is 67.6 Å². The van der Waals surface area contributed by atoms with Gasteiger partial charge in [-0.25, -0.2) is 0 Å². The van der Waals surface area contributed by atoms with Crippen LogP contribution in [0.15, 0.2) is 16.5 Å². The van der Waals surface area contributed by atoms with Crippen molar-refractivity contribution < 1.29 is 4.42 Å². The molecule has 0 aliphatic heterocycles. The molecule has 0 amide bonds. The minimum absolute atomic E-state index is 0.844. The first-order chi connectivity index (χ1) is 5.36. The molecule has 11 heavy (non-hydrogen) atoms.